The van der Waals surface area contributed by atoms with E-state index in [0.717, 1.165) is 22.7 Å². The fourth-order valence-electron chi connectivity index (χ4n) is 1.48. The summed E-state index contributed by atoms with van der Waals surface area (Å²) in [5.41, 5.74) is -1.50. The molecule has 0 aliphatic carbocycles. The van der Waals surface area contributed by atoms with Crippen molar-refractivity contribution in [3.05, 3.63) is 0 Å². The predicted octanol–water partition coefficient (Wildman–Crippen LogP) is 2.58. The number of thiol groups is 1. The molecule has 2 nitrogen and oxygen atoms in total. The Morgan fingerprint density at radius 1 is 1.57 bits per heavy atom. The lowest BCUT2D eigenvalue weighted by atomic mass is 9.95. The molecule has 0 fully saturated rings. The van der Waals surface area contributed by atoms with Crippen LogP contribution in [0.4, 0.5) is 13.2 Å². The van der Waals surface area contributed by atoms with E-state index >= 15 is 0 Å². The molecule has 1 rings (SSSR count). The first-order valence-electron chi connectivity index (χ1n) is 3.91. The number of nitrogens with zero attached hydrogens (tertiary/aromatic N) is 2. The minimum Gasteiger partial charge on any atom is -0.284 e. The van der Waals surface area contributed by atoms with Crippen LogP contribution in [0.3, 0.4) is 0 Å². The molecular formula is C7H11F3N2S2. The van der Waals surface area contributed by atoms with Crippen molar-refractivity contribution in [3.8, 4) is 0 Å². The molecule has 0 N–H and O–H groups in total. The van der Waals surface area contributed by atoms with Gasteiger partial charge in [0.05, 0.1) is 11.0 Å². The average Bonchev–Trinajstić information content (AvgIpc) is 2.23. The largest absolute Gasteiger partial charge is 0.414 e. The van der Waals surface area contributed by atoms with Gasteiger partial charge < -0.3 is 0 Å². The zero-order valence-electron chi connectivity index (χ0n) is 7.96. The van der Waals surface area contributed by atoms with Crippen molar-refractivity contribution in [2.45, 2.75) is 30.8 Å². The maximum absolute atomic E-state index is 12.8. The lowest BCUT2D eigenvalue weighted by molar-refractivity contribution is -0.214. The van der Waals surface area contributed by atoms with Gasteiger partial charge >= 0.3 is 6.18 Å². The highest BCUT2D eigenvalue weighted by Crippen LogP contribution is 2.46. The number of rotatable bonds is 1. The van der Waals surface area contributed by atoms with Crippen molar-refractivity contribution in [3.63, 3.8) is 0 Å². The predicted molar refractivity (Wildman–Crippen MR) is 55.7 cm³/mol. The normalized spacial score (nSPS) is 33.5. The summed E-state index contributed by atoms with van der Waals surface area (Å²) in [6, 6.07) is 0. The second kappa shape index (κ2) is 3.52. The topological polar surface area (TPSA) is 15.6 Å². The summed E-state index contributed by atoms with van der Waals surface area (Å²) in [5.74, 6) is 0. The van der Waals surface area contributed by atoms with E-state index in [4.69, 9.17) is 0 Å². The van der Waals surface area contributed by atoms with Gasteiger partial charge in [0.1, 0.15) is 0 Å². The maximum atomic E-state index is 12.8. The summed E-state index contributed by atoms with van der Waals surface area (Å²) in [5, 5.41) is 4.04. The van der Waals surface area contributed by atoms with E-state index in [1.54, 1.807) is 6.92 Å². The van der Waals surface area contributed by atoms with Crippen molar-refractivity contribution < 1.29 is 13.2 Å². The van der Waals surface area contributed by atoms with Gasteiger partial charge in [0.2, 0.25) is 0 Å². The van der Waals surface area contributed by atoms with E-state index in [0.29, 0.717) is 5.71 Å². The van der Waals surface area contributed by atoms with Gasteiger partial charge in [0.25, 0.3) is 0 Å². The molecule has 82 valence electrons. The Hall–Kier alpha value is -0.0400. The Morgan fingerprint density at radius 2 is 2.07 bits per heavy atom. The smallest absolute Gasteiger partial charge is 0.284 e. The quantitative estimate of drug-likeness (QED) is 0.563. The Labute approximate surface area is 89.7 Å². The van der Waals surface area contributed by atoms with Crippen LogP contribution in [0.5, 0.6) is 0 Å². The molecule has 0 bridgehead atoms. The van der Waals surface area contributed by atoms with Gasteiger partial charge in [-0.1, -0.05) is 10.8 Å². The molecule has 1 heterocycles. The van der Waals surface area contributed by atoms with Gasteiger partial charge in [0, 0.05) is 7.05 Å². The number of hydrogen-bond acceptors (Lipinski definition) is 4. The highest BCUT2D eigenvalue weighted by molar-refractivity contribution is 8.69. The molecule has 0 aromatic heterocycles. The third-order valence-corrected chi connectivity index (χ3v) is 4.19. The van der Waals surface area contributed by atoms with Gasteiger partial charge in [-0.2, -0.15) is 18.3 Å². The third-order valence-electron chi connectivity index (χ3n) is 2.55. The van der Waals surface area contributed by atoms with E-state index in [1.165, 1.54) is 7.05 Å². The second-order valence-corrected chi connectivity index (χ2v) is 4.71. The monoisotopic (exact) mass is 244 g/mol. The molecule has 0 saturated heterocycles. The molecule has 0 spiro atoms. The molecule has 2 unspecified atom stereocenters. The summed E-state index contributed by atoms with van der Waals surface area (Å²) in [6.45, 7) is 2.72. The van der Waals surface area contributed by atoms with E-state index < -0.39 is 17.0 Å². The molecule has 14 heavy (non-hydrogen) atoms. The molecule has 2 atom stereocenters. The van der Waals surface area contributed by atoms with Crippen LogP contribution in [-0.4, -0.2) is 34.7 Å². The van der Waals surface area contributed by atoms with Crippen LogP contribution in [0.25, 0.3) is 0 Å². The third kappa shape index (κ3) is 1.50. The number of hydrogen-bond donors (Lipinski definition) is 1. The molecule has 0 saturated carbocycles. The maximum Gasteiger partial charge on any atom is 0.414 e. The summed E-state index contributed by atoms with van der Waals surface area (Å²) in [6.07, 6.45) is -4.32. The van der Waals surface area contributed by atoms with Gasteiger partial charge in [-0.3, -0.25) is 5.01 Å². The second-order valence-electron chi connectivity index (χ2n) is 3.40. The van der Waals surface area contributed by atoms with E-state index in [-0.39, 0.29) is 0 Å². The highest BCUT2D eigenvalue weighted by Gasteiger charge is 2.62. The average molecular weight is 244 g/mol. The number of halogens is 3. The summed E-state index contributed by atoms with van der Waals surface area (Å²) in [4.78, 5) is 0. The van der Waals surface area contributed by atoms with Crippen molar-refractivity contribution in [2.24, 2.45) is 5.10 Å². The van der Waals surface area contributed by atoms with Gasteiger partial charge in [0.15, 0.2) is 5.54 Å². The van der Waals surface area contributed by atoms with Crippen LogP contribution < -0.4 is 0 Å². The van der Waals surface area contributed by atoms with E-state index in [9.17, 15) is 13.2 Å². The molecule has 7 heteroatoms. The van der Waals surface area contributed by atoms with Gasteiger partial charge in [-0.05, 0) is 13.8 Å². The number of alkyl halides is 3. The van der Waals surface area contributed by atoms with Gasteiger partial charge in [-0.15, -0.1) is 11.7 Å². The summed E-state index contributed by atoms with van der Waals surface area (Å²) in [7, 11) is 2.21. The van der Waals surface area contributed by atoms with Crippen LogP contribution in [0, 0.1) is 0 Å². The lowest BCUT2D eigenvalue weighted by Crippen LogP contribution is -2.57. The highest BCUT2D eigenvalue weighted by atomic mass is 33.1. The Morgan fingerprint density at radius 3 is 2.36 bits per heavy atom. The first-order valence-corrected chi connectivity index (χ1v) is 5.84. The lowest BCUT2D eigenvalue weighted by Gasteiger charge is -2.37. The minimum atomic E-state index is -4.32. The van der Waals surface area contributed by atoms with Crippen LogP contribution in [-0.2, 0) is 0 Å². The van der Waals surface area contributed by atoms with Crippen LogP contribution in [0.2, 0.25) is 0 Å². The first kappa shape index (κ1) is 12.0. The zero-order chi connectivity index (χ0) is 11.1. The fourth-order valence-corrected chi connectivity index (χ4v) is 3.24. The molecule has 1 aliphatic rings. The molecular weight excluding hydrogens is 233 g/mol. The summed E-state index contributed by atoms with van der Waals surface area (Å²) >= 11 is 3.87. The molecule has 0 amide bonds. The van der Waals surface area contributed by atoms with E-state index in [2.05, 4.69) is 16.8 Å². The molecule has 0 aromatic rings. The fraction of sp³-hybridized carbons (Fsp3) is 0.857. The number of hydrazone groups is 1. The Bertz CT molecular complexity index is 266. The molecule has 1 aliphatic heterocycles. The minimum absolute atomic E-state index is 0.451. The van der Waals surface area contributed by atoms with Crippen LogP contribution in [0.1, 0.15) is 13.8 Å². The standard InChI is InChI=1S/C7H11F3N2S2/c1-4-5(14-13)6(2,7(8,9)10)12(3)11-4/h5,13H,1-3H3. The summed E-state index contributed by atoms with van der Waals surface area (Å²) < 4.78 is 38.5. The van der Waals surface area contributed by atoms with Crippen molar-refractivity contribution in [1.82, 2.24) is 5.01 Å². The van der Waals surface area contributed by atoms with Crippen LogP contribution in [0.15, 0.2) is 5.10 Å². The Kier molecular flexibility index (Phi) is 3.02. The van der Waals surface area contributed by atoms with Crippen molar-refractivity contribution in [1.29, 1.82) is 0 Å². The Balaban J connectivity index is 3.11. The van der Waals surface area contributed by atoms with Crippen molar-refractivity contribution >= 4 is 28.2 Å². The molecule has 0 radical (unpaired) electrons. The first-order chi connectivity index (χ1) is 6.25. The van der Waals surface area contributed by atoms with Crippen LogP contribution >= 0.6 is 22.5 Å². The van der Waals surface area contributed by atoms with E-state index in [1.807, 2.05) is 0 Å². The molecule has 0 aromatic carbocycles. The van der Waals surface area contributed by atoms with Gasteiger partial charge in [-0.25, -0.2) is 0 Å². The van der Waals surface area contributed by atoms with Crippen molar-refractivity contribution in [2.75, 3.05) is 7.05 Å². The SMILES string of the molecule is CC1=NN(C)C(C)(C(F)(F)F)C1SS. The zero-order valence-corrected chi connectivity index (χ0v) is 9.67.